The highest BCUT2D eigenvalue weighted by atomic mass is 16.5. The number of benzene rings is 1. The molecule has 3 aromatic rings. The zero-order valence-corrected chi connectivity index (χ0v) is 27.0. The smallest absolute Gasteiger partial charge is 0.303 e. The van der Waals surface area contributed by atoms with E-state index in [1.807, 2.05) is 37.3 Å². The van der Waals surface area contributed by atoms with Gasteiger partial charge in [0.2, 0.25) is 5.88 Å². The number of piperidine rings is 1. The molecular weight excluding hydrogens is 570 g/mol. The highest BCUT2D eigenvalue weighted by Gasteiger charge is 2.34. The van der Waals surface area contributed by atoms with Crippen molar-refractivity contribution in [1.82, 2.24) is 15.0 Å². The van der Waals surface area contributed by atoms with Crippen LogP contribution in [0.4, 0.5) is 11.5 Å². The standard InChI is InChI=1S/C35H45N5O5/c1-23-36-15-11-31(38-23)40(22-35(2,3)4)34(43)28-9-8-27(44-5)19-30(28)39-16-12-24(13-17-39)21-45-32-18-26(10-14-37-32)29(20-33(41)42)25-6-7-25/h8-11,14-15,18-19,24-25,29H,6-7,12-13,16-17,20-22H2,1-5H3,(H,41,42). The number of carboxylic acids is 1. The normalized spacial score (nSPS) is 16.2. The molecule has 10 nitrogen and oxygen atoms in total. The van der Waals surface area contributed by atoms with Gasteiger partial charge in [-0.05, 0) is 85.6 Å². The zero-order valence-electron chi connectivity index (χ0n) is 27.0. The Labute approximate surface area is 265 Å². The van der Waals surface area contributed by atoms with Crippen LogP contribution in [-0.4, -0.2) is 65.3 Å². The molecular formula is C35H45N5O5. The van der Waals surface area contributed by atoms with Crippen molar-refractivity contribution in [2.75, 3.05) is 43.2 Å². The number of methoxy groups -OCH3 is 1. The van der Waals surface area contributed by atoms with Crippen LogP contribution in [0, 0.1) is 24.2 Å². The monoisotopic (exact) mass is 615 g/mol. The van der Waals surface area contributed by atoms with E-state index in [9.17, 15) is 14.7 Å². The summed E-state index contributed by atoms with van der Waals surface area (Å²) in [6, 6.07) is 11.3. The van der Waals surface area contributed by atoms with Gasteiger partial charge in [-0.25, -0.2) is 15.0 Å². The topological polar surface area (TPSA) is 118 Å². The SMILES string of the molecule is COc1ccc(C(=O)N(CC(C)(C)C)c2ccnc(C)n2)c(N2CCC(COc3cc(C(CC(=O)O)C4CC4)ccn3)CC2)c1. The zero-order chi connectivity index (χ0) is 32.1. The summed E-state index contributed by atoms with van der Waals surface area (Å²) >= 11 is 0. The van der Waals surface area contributed by atoms with Gasteiger partial charge in [0.1, 0.15) is 17.4 Å². The lowest BCUT2D eigenvalue weighted by Gasteiger charge is -2.36. The van der Waals surface area contributed by atoms with Crippen LogP contribution in [0.15, 0.2) is 48.8 Å². The Bertz CT molecular complexity index is 1490. The molecule has 1 aromatic carbocycles. The van der Waals surface area contributed by atoms with E-state index >= 15 is 0 Å². The Kier molecular flexibility index (Phi) is 9.90. The number of ether oxygens (including phenoxy) is 2. The summed E-state index contributed by atoms with van der Waals surface area (Å²) in [5.41, 5.74) is 2.30. The molecule has 45 heavy (non-hydrogen) atoms. The largest absolute Gasteiger partial charge is 0.497 e. The van der Waals surface area contributed by atoms with Crippen LogP contribution in [0.1, 0.15) is 80.5 Å². The minimum atomic E-state index is -0.773. The summed E-state index contributed by atoms with van der Waals surface area (Å²) in [6.45, 7) is 10.7. The van der Waals surface area contributed by atoms with Crippen molar-refractivity contribution in [2.24, 2.45) is 17.3 Å². The first kappa shape index (κ1) is 32.2. The van der Waals surface area contributed by atoms with Crippen molar-refractivity contribution < 1.29 is 24.2 Å². The quantitative estimate of drug-likeness (QED) is 0.256. The van der Waals surface area contributed by atoms with Gasteiger partial charge in [-0.1, -0.05) is 20.8 Å². The first-order valence-corrected chi connectivity index (χ1v) is 15.9. The number of aromatic nitrogens is 3. The molecule has 0 bridgehead atoms. The van der Waals surface area contributed by atoms with Crippen molar-refractivity contribution in [3.05, 3.63) is 65.7 Å². The molecule has 1 N–H and O–H groups in total. The summed E-state index contributed by atoms with van der Waals surface area (Å²) < 4.78 is 11.7. The first-order valence-electron chi connectivity index (χ1n) is 15.9. The third kappa shape index (κ3) is 8.49. The summed E-state index contributed by atoms with van der Waals surface area (Å²) in [4.78, 5) is 42.9. The fourth-order valence-corrected chi connectivity index (χ4v) is 6.07. The van der Waals surface area contributed by atoms with E-state index in [2.05, 4.69) is 40.6 Å². The second-order valence-electron chi connectivity index (χ2n) is 13.5. The number of carboxylic acid groups (broad SMARTS) is 1. The van der Waals surface area contributed by atoms with Gasteiger partial charge in [0.05, 0.1) is 31.4 Å². The van der Waals surface area contributed by atoms with E-state index in [1.165, 1.54) is 0 Å². The Hall–Kier alpha value is -4.21. The third-order valence-electron chi connectivity index (χ3n) is 8.55. The van der Waals surface area contributed by atoms with Crippen molar-refractivity contribution in [2.45, 2.75) is 65.7 Å². The van der Waals surface area contributed by atoms with Gasteiger partial charge < -0.3 is 19.5 Å². The molecule has 1 saturated carbocycles. The fourth-order valence-electron chi connectivity index (χ4n) is 6.07. The number of anilines is 2. The molecule has 1 aliphatic carbocycles. The molecule has 3 heterocycles. The van der Waals surface area contributed by atoms with Crippen LogP contribution < -0.4 is 19.3 Å². The van der Waals surface area contributed by atoms with Crippen LogP contribution in [0.25, 0.3) is 0 Å². The number of hydrogen-bond donors (Lipinski definition) is 1. The Balaban J connectivity index is 1.28. The van der Waals surface area contributed by atoms with Crippen molar-refractivity contribution >= 4 is 23.4 Å². The average molecular weight is 616 g/mol. The molecule has 1 aliphatic heterocycles. The van der Waals surface area contributed by atoms with Crippen molar-refractivity contribution in [1.29, 1.82) is 0 Å². The minimum absolute atomic E-state index is 0.00791. The van der Waals surface area contributed by atoms with E-state index in [0.29, 0.717) is 53.8 Å². The van der Waals surface area contributed by atoms with Crippen LogP contribution in [0.2, 0.25) is 0 Å². The average Bonchev–Trinajstić information content (AvgIpc) is 3.86. The maximum atomic E-state index is 14.2. The molecule has 1 atom stereocenters. The first-order chi connectivity index (χ1) is 21.5. The van der Waals surface area contributed by atoms with Crippen molar-refractivity contribution in [3.8, 4) is 11.6 Å². The molecule has 1 amide bonds. The van der Waals surface area contributed by atoms with Gasteiger partial charge in [0.15, 0.2) is 0 Å². The lowest BCUT2D eigenvalue weighted by molar-refractivity contribution is -0.137. The molecule has 1 unspecified atom stereocenters. The van der Waals surface area contributed by atoms with Gasteiger partial charge in [-0.2, -0.15) is 0 Å². The second-order valence-corrected chi connectivity index (χ2v) is 13.5. The van der Waals surface area contributed by atoms with Crippen molar-refractivity contribution in [3.63, 3.8) is 0 Å². The lowest BCUT2D eigenvalue weighted by Crippen LogP contribution is -2.41. The van der Waals surface area contributed by atoms with Crippen LogP contribution in [-0.2, 0) is 4.79 Å². The number of carbonyl (C=O) groups is 2. The van der Waals surface area contributed by atoms with Gasteiger partial charge >= 0.3 is 5.97 Å². The van der Waals surface area contributed by atoms with Gasteiger partial charge in [0.25, 0.3) is 5.91 Å². The van der Waals surface area contributed by atoms with Crippen LogP contribution in [0.3, 0.4) is 0 Å². The Morgan fingerprint density at radius 1 is 1.04 bits per heavy atom. The predicted octanol–water partition coefficient (Wildman–Crippen LogP) is 6.15. The molecule has 0 spiro atoms. The van der Waals surface area contributed by atoms with Crippen LogP contribution in [0.5, 0.6) is 11.6 Å². The number of hydrogen-bond acceptors (Lipinski definition) is 8. The molecule has 0 radical (unpaired) electrons. The molecule has 10 heteroatoms. The number of aliphatic carboxylic acids is 1. The molecule has 5 rings (SSSR count). The number of nitrogens with zero attached hydrogens (tertiary/aromatic N) is 5. The second kappa shape index (κ2) is 13.8. The van der Waals surface area contributed by atoms with Gasteiger partial charge in [-0.3, -0.25) is 14.5 Å². The maximum Gasteiger partial charge on any atom is 0.303 e. The molecule has 2 aromatic heterocycles. The summed E-state index contributed by atoms with van der Waals surface area (Å²) in [7, 11) is 1.64. The van der Waals surface area contributed by atoms with E-state index in [0.717, 1.165) is 50.0 Å². The van der Waals surface area contributed by atoms with E-state index in [1.54, 1.807) is 30.5 Å². The lowest BCUT2D eigenvalue weighted by atomic mass is 9.92. The maximum absolute atomic E-state index is 14.2. The number of amides is 1. The molecule has 240 valence electrons. The molecule has 2 aliphatic rings. The Morgan fingerprint density at radius 2 is 1.78 bits per heavy atom. The third-order valence-corrected chi connectivity index (χ3v) is 8.55. The minimum Gasteiger partial charge on any atom is -0.497 e. The molecule has 2 fully saturated rings. The van der Waals surface area contributed by atoms with E-state index < -0.39 is 5.97 Å². The van der Waals surface area contributed by atoms with Crippen LogP contribution >= 0.6 is 0 Å². The van der Waals surface area contributed by atoms with E-state index in [-0.39, 0.29) is 23.7 Å². The number of aryl methyl sites for hydroxylation is 1. The van der Waals surface area contributed by atoms with Gasteiger partial charge in [0, 0.05) is 44.2 Å². The number of pyridine rings is 1. The number of rotatable bonds is 12. The predicted molar refractivity (Wildman–Crippen MR) is 173 cm³/mol. The summed E-state index contributed by atoms with van der Waals surface area (Å²) in [5.74, 6) is 2.34. The fraction of sp³-hybridized carbons (Fsp3) is 0.514. The van der Waals surface area contributed by atoms with E-state index in [4.69, 9.17) is 9.47 Å². The molecule has 1 saturated heterocycles. The summed E-state index contributed by atoms with van der Waals surface area (Å²) in [5, 5.41) is 9.40. The Morgan fingerprint density at radius 3 is 2.42 bits per heavy atom. The highest BCUT2D eigenvalue weighted by Crippen LogP contribution is 2.45. The highest BCUT2D eigenvalue weighted by molar-refractivity contribution is 6.09. The number of carbonyl (C=O) groups excluding carboxylic acids is 1. The summed E-state index contributed by atoms with van der Waals surface area (Å²) in [6.07, 6.45) is 7.48. The van der Waals surface area contributed by atoms with Gasteiger partial charge in [-0.15, -0.1) is 0 Å².